The molecule has 6 nitrogen and oxygen atoms in total. The highest BCUT2D eigenvalue weighted by Gasteiger charge is 2.06. The molecule has 1 aromatic carbocycles. The van der Waals surface area contributed by atoms with E-state index in [0.29, 0.717) is 0 Å². The van der Waals surface area contributed by atoms with Gasteiger partial charge in [-0.05, 0) is 31.9 Å². The molecule has 0 aliphatic carbocycles. The molecule has 2 aromatic heterocycles. The van der Waals surface area contributed by atoms with Crippen molar-refractivity contribution in [2.24, 2.45) is 4.99 Å². The van der Waals surface area contributed by atoms with Gasteiger partial charge in [0.1, 0.15) is 10.2 Å². The van der Waals surface area contributed by atoms with Gasteiger partial charge in [-0.2, -0.15) is 0 Å². The molecule has 9 heteroatoms. The predicted octanol–water partition coefficient (Wildman–Crippen LogP) is 4.16. The van der Waals surface area contributed by atoms with Crippen LogP contribution in [0.5, 0.6) is 0 Å². The van der Waals surface area contributed by atoms with E-state index < -0.39 is 0 Å². The molecule has 0 amide bonds. The van der Waals surface area contributed by atoms with Crippen molar-refractivity contribution in [1.29, 1.82) is 0 Å². The SMILES string of the molecule is CN=C(NCCCSc1nccs1)NCCCn1c(C)nc2ccccc21.I. The topological polar surface area (TPSA) is 67.1 Å². The number of nitrogens with one attached hydrogen (secondary N) is 2. The standard InChI is InChI=1S/C19H26N6S2.HI/c1-15-24-16-7-3-4-8-17(16)25(15)12-5-9-21-18(20-2)22-10-6-13-26-19-23-11-14-27-19;/h3-4,7-8,11,14H,5-6,9-10,12-13H2,1-2H3,(H2,20,21,22);1H. The van der Waals surface area contributed by atoms with Crippen molar-refractivity contribution >= 4 is 64.1 Å². The number of para-hydroxylation sites is 2. The summed E-state index contributed by atoms with van der Waals surface area (Å²) in [5.41, 5.74) is 2.27. The lowest BCUT2D eigenvalue weighted by molar-refractivity contribution is 0.624. The number of thioether (sulfide) groups is 1. The van der Waals surface area contributed by atoms with Crippen molar-refractivity contribution in [3.05, 3.63) is 41.7 Å². The zero-order valence-electron chi connectivity index (χ0n) is 16.2. The fourth-order valence-electron chi connectivity index (χ4n) is 2.86. The number of aryl methyl sites for hydroxylation is 2. The molecule has 0 bridgehead atoms. The second-order valence-electron chi connectivity index (χ2n) is 6.08. The van der Waals surface area contributed by atoms with Crippen LogP contribution in [0.4, 0.5) is 0 Å². The first kappa shape index (κ1) is 23.0. The molecule has 3 aromatic rings. The number of imidazole rings is 1. The summed E-state index contributed by atoms with van der Waals surface area (Å²) in [5, 5.41) is 8.78. The van der Waals surface area contributed by atoms with E-state index in [-0.39, 0.29) is 24.0 Å². The maximum Gasteiger partial charge on any atom is 0.190 e. The Kier molecular flexibility index (Phi) is 10.1. The maximum atomic E-state index is 4.62. The normalized spacial score (nSPS) is 11.4. The fraction of sp³-hybridized carbons (Fsp3) is 0.421. The number of hydrogen-bond donors (Lipinski definition) is 2. The molecule has 0 aliphatic rings. The first-order valence-electron chi connectivity index (χ1n) is 9.16. The molecule has 0 radical (unpaired) electrons. The van der Waals surface area contributed by atoms with Crippen LogP contribution in [-0.2, 0) is 6.54 Å². The van der Waals surface area contributed by atoms with E-state index in [1.54, 1.807) is 23.1 Å². The van der Waals surface area contributed by atoms with E-state index >= 15 is 0 Å². The van der Waals surface area contributed by atoms with Crippen LogP contribution in [0, 0.1) is 6.92 Å². The Hall–Kier alpha value is -1.33. The number of nitrogens with zero attached hydrogens (tertiary/aromatic N) is 4. The maximum absolute atomic E-state index is 4.62. The van der Waals surface area contributed by atoms with Crippen LogP contribution in [0.2, 0.25) is 0 Å². The number of rotatable bonds is 9. The lowest BCUT2D eigenvalue weighted by Gasteiger charge is -2.12. The van der Waals surface area contributed by atoms with Gasteiger partial charge in [0, 0.05) is 44.0 Å². The van der Waals surface area contributed by atoms with Gasteiger partial charge in [0.15, 0.2) is 5.96 Å². The average Bonchev–Trinajstić information content (AvgIpc) is 3.30. The summed E-state index contributed by atoms with van der Waals surface area (Å²) in [6.45, 7) is 4.79. The summed E-state index contributed by atoms with van der Waals surface area (Å²) >= 11 is 3.50. The average molecular weight is 531 g/mol. The molecule has 2 heterocycles. The minimum Gasteiger partial charge on any atom is -0.356 e. The van der Waals surface area contributed by atoms with Crippen molar-refractivity contribution in [3.8, 4) is 0 Å². The Morgan fingerprint density at radius 2 is 2.00 bits per heavy atom. The van der Waals surface area contributed by atoms with E-state index in [4.69, 9.17) is 0 Å². The number of fused-ring (bicyclic) bond motifs is 1. The Morgan fingerprint density at radius 3 is 2.75 bits per heavy atom. The third-order valence-corrected chi connectivity index (χ3v) is 6.22. The van der Waals surface area contributed by atoms with E-state index in [9.17, 15) is 0 Å². The molecule has 0 atom stereocenters. The molecular weight excluding hydrogens is 503 g/mol. The van der Waals surface area contributed by atoms with Gasteiger partial charge in [0.25, 0.3) is 0 Å². The zero-order chi connectivity index (χ0) is 18.9. The number of benzene rings is 1. The molecule has 0 unspecified atom stereocenters. The molecule has 0 aliphatic heterocycles. The van der Waals surface area contributed by atoms with Crippen molar-refractivity contribution in [2.45, 2.75) is 30.6 Å². The minimum absolute atomic E-state index is 0. The van der Waals surface area contributed by atoms with E-state index in [1.165, 1.54) is 5.52 Å². The van der Waals surface area contributed by atoms with Crippen LogP contribution in [0.3, 0.4) is 0 Å². The first-order chi connectivity index (χ1) is 13.3. The van der Waals surface area contributed by atoms with Crippen LogP contribution in [0.1, 0.15) is 18.7 Å². The summed E-state index contributed by atoms with van der Waals surface area (Å²) in [5.74, 6) is 2.99. The van der Waals surface area contributed by atoms with E-state index in [2.05, 4.69) is 55.3 Å². The minimum atomic E-state index is 0. The third-order valence-electron chi connectivity index (χ3n) is 4.17. The van der Waals surface area contributed by atoms with Gasteiger partial charge in [-0.15, -0.1) is 35.3 Å². The van der Waals surface area contributed by atoms with Gasteiger partial charge in [0.2, 0.25) is 0 Å². The summed E-state index contributed by atoms with van der Waals surface area (Å²) in [4.78, 5) is 13.2. The third kappa shape index (κ3) is 6.63. The predicted molar refractivity (Wildman–Crippen MR) is 131 cm³/mol. The van der Waals surface area contributed by atoms with Crippen molar-refractivity contribution < 1.29 is 0 Å². The molecule has 2 N–H and O–H groups in total. The van der Waals surface area contributed by atoms with Gasteiger partial charge in [-0.1, -0.05) is 23.9 Å². The second-order valence-corrected chi connectivity index (χ2v) is 8.32. The Balaban J connectivity index is 0.00000280. The highest BCUT2D eigenvalue weighted by atomic mass is 127. The van der Waals surface area contributed by atoms with Crippen molar-refractivity contribution in [2.75, 3.05) is 25.9 Å². The summed E-state index contributed by atoms with van der Waals surface area (Å²) in [6.07, 6.45) is 3.94. The number of aliphatic imine (C=N–C) groups is 1. The quantitative estimate of drug-likeness (QED) is 0.143. The summed E-state index contributed by atoms with van der Waals surface area (Å²) in [6, 6.07) is 8.30. The van der Waals surface area contributed by atoms with E-state index in [1.807, 2.05) is 24.7 Å². The highest BCUT2D eigenvalue weighted by molar-refractivity contribution is 14.0. The van der Waals surface area contributed by atoms with Gasteiger partial charge in [0.05, 0.1) is 11.0 Å². The molecule has 3 rings (SSSR count). The number of guanidine groups is 1. The van der Waals surface area contributed by atoms with Crippen LogP contribution < -0.4 is 10.6 Å². The van der Waals surface area contributed by atoms with Gasteiger partial charge < -0.3 is 15.2 Å². The molecule has 0 spiro atoms. The fourth-order valence-corrected chi connectivity index (χ4v) is 4.51. The summed E-state index contributed by atoms with van der Waals surface area (Å²) in [7, 11) is 1.81. The molecular formula is C19H27IN6S2. The second kappa shape index (κ2) is 12.3. The molecule has 28 heavy (non-hydrogen) atoms. The van der Waals surface area contributed by atoms with Crippen molar-refractivity contribution in [1.82, 2.24) is 25.2 Å². The van der Waals surface area contributed by atoms with Gasteiger partial charge in [-0.3, -0.25) is 4.99 Å². The smallest absolute Gasteiger partial charge is 0.190 e. The number of halogens is 1. The Labute approximate surface area is 191 Å². The lowest BCUT2D eigenvalue weighted by atomic mass is 10.3. The molecule has 152 valence electrons. The van der Waals surface area contributed by atoms with Crippen LogP contribution in [-0.4, -0.2) is 46.4 Å². The number of hydrogen-bond acceptors (Lipinski definition) is 5. The van der Waals surface area contributed by atoms with Crippen LogP contribution in [0.25, 0.3) is 11.0 Å². The van der Waals surface area contributed by atoms with Gasteiger partial charge >= 0.3 is 0 Å². The first-order valence-corrected chi connectivity index (χ1v) is 11.0. The largest absolute Gasteiger partial charge is 0.356 e. The van der Waals surface area contributed by atoms with Gasteiger partial charge in [-0.25, -0.2) is 9.97 Å². The summed E-state index contributed by atoms with van der Waals surface area (Å²) < 4.78 is 3.42. The Bertz CT molecular complexity index is 863. The molecule has 0 fully saturated rings. The monoisotopic (exact) mass is 530 g/mol. The number of aromatic nitrogens is 3. The van der Waals surface area contributed by atoms with Crippen LogP contribution in [0.15, 0.2) is 45.2 Å². The van der Waals surface area contributed by atoms with Crippen molar-refractivity contribution in [3.63, 3.8) is 0 Å². The molecule has 0 saturated carbocycles. The highest BCUT2D eigenvalue weighted by Crippen LogP contribution is 2.20. The Morgan fingerprint density at radius 1 is 1.21 bits per heavy atom. The van der Waals surface area contributed by atoms with Crippen LogP contribution >= 0.6 is 47.1 Å². The molecule has 0 saturated heterocycles. The number of thiazole rings is 1. The van der Waals surface area contributed by atoms with E-state index in [0.717, 1.165) is 59.9 Å². The lowest BCUT2D eigenvalue weighted by Crippen LogP contribution is -2.38. The zero-order valence-corrected chi connectivity index (χ0v) is 20.2.